The fraction of sp³-hybridized carbons (Fsp3) is 0.214. The van der Waals surface area contributed by atoms with Gasteiger partial charge in [0, 0.05) is 12.5 Å². The van der Waals surface area contributed by atoms with Gasteiger partial charge in [0.2, 0.25) is 0 Å². The first kappa shape index (κ1) is 17.2. The first-order valence-corrected chi connectivity index (χ1v) is 6.94. The maximum Gasteiger partial charge on any atom is 0.271 e. The molecule has 24 heavy (non-hydrogen) atoms. The van der Waals surface area contributed by atoms with Crippen molar-refractivity contribution in [1.82, 2.24) is 15.0 Å². The molecule has 126 valence electrons. The van der Waals surface area contributed by atoms with E-state index in [0.29, 0.717) is 0 Å². The Morgan fingerprint density at radius 3 is 2.83 bits per heavy atom. The van der Waals surface area contributed by atoms with E-state index in [9.17, 15) is 14.0 Å². The van der Waals surface area contributed by atoms with Crippen LogP contribution in [0.1, 0.15) is 23.8 Å². The van der Waals surface area contributed by atoms with Crippen LogP contribution in [0.5, 0.6) is 0 Å². The summed E-state index contributed by atoms with van der Waals surface area (Å²) in [7, 11) is 0. The fourth-order valence-corrected chi connectivity index (χ4v) is 1.87. The van der Waals surface area contributed by atoms with Gasteiger partial charge in [0.15, 0.2) is 17.3 Å². The largest absolute Gasteiger partial charge is 0.364 e. The van der Waals surface area contributed by atoms with E-state index in [4.69, 9.17) is 11.6 Å². The number of rotatable bonds is 7. The summed E-state index contributed by atoms with van der Waals surface area (Å²) in [6.45, 7) is 1.72. The molecule has 0 aliphatic heterocycles. The lowest BCUT2D eigenvalue weighted by atomic mass is 10.2. The number of hydrogen-bond acceptors (Lipinski definition) is 8. The third kappa shape index (κ3) is 3.98. The molecule has 0 aliphatic carbocycles. The minimum Gasteiger partial charge on any atom is -0.364 e. The van der Waals surface area contributed by atoms with Gasteiger partial charge in [0.1, 0.15) is 12.1 Å². The standard InChI is InChI=1S/C14H16FN7O2/c1-8(2-3-23)22(17)11-7-19-12(13(16)24)14(21-11)20-10-4-9(15)5-18-6-10/h3-8H,2,17H2,1H3,(H2,16,24)(H,20,21). The van der Waals surface area contributed by atoms with Crippen molar-refractivity contribution in [2.24, 2.45) is 11.6 Å². The smallest absolute Gasteiger partial charge is 0.271 e. The predicted molar refractivity (Wildman–Crippen MR) is 84.8 cm³/mol. The number of aromatic nitrogens is 3. The Morgan fingerprint density at radius 2 is 2.21 bits per heavy atom. The van der Waals surface area contributed by atoms with Gasteiger partial charge in [-0.25, -0.2) is 20.2 Å². The topological polar surface area (TPSA) is 140 Å². The zero-order valence-electron chi connectivity index (χ0n) is 12.8. The molecular weight excluding hydrogens is 317 g/mol. The number of carbonyl (C=O) groups is 2. The van der Waals surface area contributed by atoms with Crippen LogP contribution in [0.15, 0.2) is 24.7 Å². The van der Waals surface area contributed by atoms with Crippen molar-refractivity contribution in [3.05, 3.63) is 36.2 Å². The molecule has 0 fully saturated rings. The number of pyridine rings is 1. The minimum atomic E-state index is -0.814. The van der Waals surface area contributed by atoms with E-state index in [1.807, 2.05) is 0 Å². The number of nitrogens with one attached hydrogen (secondary N) is 1. The molecule has 2 aromatic heterocycles. The van der Waals surface area contributed by atoms with Crippen LogP contribution in [-0.2, 0) is 4.79 Å². The van der Waals surface area contributed by atoms with Crippen LogP contribution in [0.2, 0.25) is 0 Å². The van der Waals surface area contributed by atoms with Gasteiger partial charge in [-0.2, -0.15) is 0 Å². The molecule has 2 aromatic rings. The number of nitrogens with two attached hydrogens (primary N) is 2. The third-order valence-corrected chi connectivity index (χ3v) is 3.14. The van der Waals surface area contributed by atoms with Gasteiger partial charge in [0.25, 0.3) is 5.91 Å². The zero-order valence-corrected chi connectivity index (χ0v) is 12.8. The van der Waals surface area contributed by atoms with E-state index in [2.05, 4.69) is 20.3 Å². The maximum absolute atomic E-state index is 13.2. The number of halogens is 1. The Kier molecular flexibility index (Phi) is 5.32. The third-order valence-electron chi connectivity index (χ3n) is 3.14. The molecule has 1 unspecified atom stereocenters. The summed E-state index contributed by atoms with van der Waals surface area (Å²) in [6, 6.07) is 0.835. The van der Waals surface area contributed by atoms with Crippen molar-refractivity contribution >= 4 is 29.5 Å². The summed E-state index contributed by atoms with van der Waals surface area (Å²) in [6.07, 6.45) is 4.55. The van der Waals surface area contributed by atoms with Crippen molar-refractivity contribution in [3.8, 4) is 0 Å². The Balaban J connectivity index is 2.38. The average Bonchev–Trinajstić information content (AvgIpc) is 2.54. The van der Waals surface area contributed by atoms with Gasteiger partial charge in [-0.15, -0.1) is 0 Å². The molecule has 0 saturated carbocycles. The molecular formula is C14H16FN7O2. The highest BCUT2D eigenvalue weighted by Crippen LogP contribution is 2.21. The molecule has 2 rings (SSSR count). The van der Waals surface area contributed by atoms with Crippen LogP contribution in [0.25, 0.3) is 0 Å². The number of nitrogens with zero attached hydrogens (tertiary/aromatic N) is 4. The molecule has 5 N–H and O–H groups in total. The number of amides is 1. The second kappa shape index (κ2) is 7.42. The van der Waals surface area contributed by atoms with Crippen LogP contribution < -0.4 is 21.9 Å². The van der Waals surface area contributed by atoms with Crippen molar-refractivity contribution in [2.45, 2.75) is 19.4 Å². The van der Waals surface area contributed by atoms with Gasteiger partial charge in [-0.3, -0.25) is 14.8 Å². The van der Waals surface area contributed by atoms with E-state index in [0.717, 1.165) is 12.5 Å². The molecule has 1 atom stereocenters. The molecule has 2 heterocycles. The second-order valence-corrected chi connectivity index (χ2v) is 4.97. The maximum atomic E-state index is 13.2. The molecule has 0 aliphatic rings. The average molecular weight is 333 g/mol. The number of carbonyl (C=O) groups excluding carboxylic acids is 2. The van der Waals surface area contributed by atoms with E-state index >= 15 is 0 Å². The Labute approximate surface area is 136 Å². The van der Waals surface area contributed by atoms with E-state index in [-0.39, 0.29) is 35.5 Å². The highest BCUT2D eigenvalue weighted by Gasteiger charge is 2.18. The number of anilines is 3. The highest BCUT2D eigenvalue weighted by atomic mass is 19.1. The summed E-state index contributed by atoms with van der Waals surface area (Å²) in [5, 5.41) is 3.97. The van der Waals surface area contributed by atoms with Gasteiger partial charge in [-0.1, -0.05) is 0 Å². The predicted octanol–water partition coefficient (Wildman–Crippen LogP) is 0.511. The molecule has 0 aromatic carbocycles. The highest BCUT2D eigenvalue weighted by molar-refractivity contribution is 5.96. The lowest BCUT2D eigenvalue weighted by molar-refractivity contribution is -0.108. The van der Waals surface area contributed by atoms with Gasteiger partial charge < -0.3 is 15.8 Å². The quantitative estimate of drug-likeness (QED) is 0.378. The zero-order chi connectivity index (χ0) is 17.7. The van der Waals surface area contributed by atoms with E-state index in [1.165, 1.54) is 23.5 Å². The van der Waals surface area contributed by atoms with Crippen LogP contribution in [-0.4, -0.2) is 33.2 Å². The molecule has 0 bridgehead atoms. The van der Waals surface area contributed by atoms with Crippen LogP contribution in [0, 0.1) is 5.82 Å². The Hall–Kier alpha value is -3.14. The van der Waals surface area contributed by atoms with Gasteiger partial charge in [-0.05, 0) is 6.92 Å². The normalized spacial score (nSPS) is 11.6. The second-order valence-electron chi connectivity index (χ2n) is 4.97. The number of hydrazine groups is 1. The van der Waals surface area contributed by atoms with Gasteiger partial charge >= 0.3 is 0 Å². The lowest BCUT2D eigenvalue weighted by Gasteiger charge is -2.24. The van der Waals surface area contributed by atoms with E-state index in [1.54, 1.807) is 6.92 Å². The lowest BCUT2D eigenvalue weighted by Crippen LogP contribution is -2.40. The Morgan fingerprint density at radius 1 is 1.46 bits per heavy atom. The summed E-state index contributed by atoms with van der Waals surface area (Å²) in [4.78, 5) is 33.9. The van der Waals surface area contributed by atoms with Crippen LogP contribution in [0.3, 0.4) is 0 Å². The number of hydrogen-bond donors (Lipinski definition) is 3. The minimum absolute atomic E-state index is 0.00107. The summed E-state index contributed by atoms with van der Waals surface area (Å²) >= 11 is 0. The van der Waals surface area contributed by atoms with Crippen molar-refractivity contribution in [1.29, 1.82) is 0 Å². The monoisotopic (exact) mass is 333 g/mol. The van der Waals surface area contributed by atoms with Gasteiger partial charge in [0.05, 0.1) is 30.3 Å². The first-order chi connectivity index (χ1) is 11.4. The van der Waals surface area contributed by atoms with Crippen LogP contribution in [0.4, 0.5) is 21.7 Å². The number of primary amides is 1. The first-order valence-electron chi connectivity index (χ1n) is 6.94. The fourth-order valence-electron chi connectivity index (χ4n) is 1.87. The molecule has 0 spiro atoms. The van der Waals surface area contributed by atoms with Crippen molar-refractivity contribution < 1.29 is 14.0 Å². The molecule has 1 amide bonds. The Bertz CT molecular complexity index is 756. The van der Waals surface area contributed by atoms with Crippen LogP contribution >= 0.6 is 0 Å². The number of aldehydes is 1. The van der Waals surface area contributed by atoms with E-state index < -0.39 is 11.7 Å². The molecule has 9 nitrogen and oxygen atoms in total. The summed E-state index contributed by atoms with van der Waals surface area (Å²) in [5.74, 6) is 4.72. The molecule has 0 radical (unpaired) electrons. The van der Waals surface area contributed by atoms with Crippen molar-refractivity contribution in [2.75, 3.05) is 10.3 Å². The molecule has 10 heteroatoms. The molecule has 0 saturated heterocycles. The SMILES string of the molecule is CC(CC=O)N(N)c1cnc(C(N)=O)c(Nc2cncc(F)c2)n1. The summed E-state index contributed by atoms with van der Waals surface area (Å²) < 4.78 is 13.2. The van der Waals surface area contributed by atoms with Crippen molar-refractivity contribution in [3.63, 3.8) is 0 Å². The summed E-state index contributed by atoms with van der Waals surface area (Å²) in [5.41, 5.74) is 5.39.